The van der Waals surface area contributed by atoms with E-state index in [1.807, 2.05) is 19.1 Å². The number of aromatic nitrogens is 1. The lowest BCUT2D eigenvalue weighted by Crippen LogP contribution is -2.16. The Morgan fingerprint density at radius 1 is 1.13 bits per heavy atom. The van der Waals surface area contributed by atoms with E-state index < -0.39 is 0 Å². The third-order valence-electron chi connectivity index (χ3n) is 4.21. The van der Waals surface area contributed by atoms with E-state index in [0.29, 0.717) is 45.9 Å². The highest BCUT2D eigenvalue weighted by atomic mass is 32.1. The first-order valence-corrected chi connectivity index (χ1v) is 10.2. The van der Waals surface area contributed by atoms with Crippen molar-refractivity contribution in [1.82, 2.24) is 4.98 Å². The minimum Gasteiger partial charge on any atom is -0.492 e. The van der Waals surface area contributed by atoms with E-state index in [4.69, 9.17) is 14.2 Å². The van der Waals surface area contributed by atoms with E-state index in [9.17, 15) is 9.59 Å². The highest BCUT2D eigenvalue weighted by Gasteiger charge is 2.17. The normalized spacial score (nSPS) is 11.8. The molecule has 3 aromatic rings. The van der Waals surface area contributed by atoms with Crippen LogP contribution in [-0.2, 0) is 11.2 Å². The van der Waals surface area contributed by atoms with Crippen LogP contribution in [0.3, 0.4) is 0 Å². The van der Waals surface area contributed by atoms with Crippen molar-refractivity contribution in [3.8, 4) is 17.2 Å². The number of hydrogen-bond acceptors (Lipinski definition) is 7. The molecule has 8 nitrogen and oxygen atoms in total. The van der Waals surface area contributed by atoms with Crippen molar-refractivity contribution in [2.24, 2.45) is 0 Å². The number of nitrogens with one attached hydrogen (secondary N) is 2. The van der Waals surface area contributed by atoms with Crippen LogP contribution in [0, 0.1) is 0 Å². The van der Waals surface area contributed by atoms with Crippen molar-refractivity contribution in [2.75, 3.05) is 24.0 Å². The number of carbonyl (C=O) groups is 2. The van der Waals surface area contributed by atoms with E-state index in [1.165, 1.54) is 11.3 Å². The third-order valence-corrected chi connectivity index (χ3v) is 5.02. The number of para-hydroxylation sites is 2. The zero-order valence-corrected chi connectivity index (χ0v) is 17.0. The first-order chi connectivity index (χ1) is 14.6. The quantitative estimate of drug-likeness (QED) is 0.599. The molecule has 1 aromatic heterocycles. The number of thiazole rings is 1. The molecule has 2 amide bonds. The highest BCUT2D eigenvalue weighted by molar-refractivity contribution is 7.14. The molecule has 1 aliphatic rings. The molecule has 0 spiro atoms. The molecule has 30 heavy (non-hydrogen) atoms. The summed E-state index contributed by atoms with van der Waals surface area (Å²) in [6, 6.07) is 12.2. The summed E-state index contributed by atoms with van der Waals surface area (Å²) in [5, 5.41) is 7.72. The van der Waals surface area contributed by atoms with Gasteiger partial charge in [-0.2, -0.15) is 0 Å². The van der Waals surface area contributed by atoms with Gasteiger partial charge in [-0.05, 0) is 37.3 Å². The maximum Gasteiger partial charge on any atom is 0.257 e. The number of anilines is 2. The molecule has 0 unspecified atom stereocenters. The van der Waals surface area contributed by atoms with Gasteiger partial charge >= 0.3 is 0 Å². The van der Waals surface area contributed by atoms with Gasteiger partial charge < -0.3 is 19.5 Å². The molecule has 4 rings (SSSR count). The first-order valence-electron chi connectivity index (χ1n) is 9.29. The van der Waals surface area contributed by atoms with Crippen LogP contribution in [0.1, 0.15) is 23.0 Å². The Hall–Kier alpha value is -3.59. The van der Waals surface area contributed by atoms with Crippen molar-refractivity contribution < 1.29 is 23.8 Å². The molecule has 0 bridgehead atoms. The van der Waals surface area contributed by atoms with Crippen molar-refractivity contribution >= 4 is 34.0 Å². The van der Waals surface area contributed by atoms with Gasteiger partial charge in [-0.15, -0.1) is 11.3 Å². The Labute approximate surface area is 176 Å². The van der Waals surface area contributed by atoms with Crippen LogP contribution in [0.25, 0.3) is 0 Å². The number of amides is 2. The summed E-state index contributed by atoms with van der Waals surface area (Å²) in [7, 11) is 0. The second-order valence-electron chi connectivity index (χ2n) is 6.32. The van der Waals surface area contributed by atoms with E-state index in [2.05, 4.69) is 15.6 Å². The summed E-state index contributed by atoms with van der Waals surface area (Å²) in [6.07, 6.45) is 0.0802. The van der Waals surface area contributed by atoms with Gasteiger partial charge in [0.2, 0.25) is 12.7 Å². The van der Waals surface area contributed by atoms with Crippen LogP contribution < -0.4 is 24.8 Å². The van der Waals surface area contributed by atoms with Crippen molar-refractivity contribution in [1.29, 1.82) is 0 Å². The fraction of sp³-hybridized carbons (Fsp3) is 0.190. The number of ether oxygens (including phenoxy) is 3. The summed E-state index contributed by atoms with van der Waals surface area (Å²) < 4.78 is 16.0. The van der Waals surface area contributed by atoms with Gasteiger partial charge in [-0.1, -0.05) is 12.1 Å². The minimum atomic E-state index is -0.315. The van der Waals surface area contributed by atoms with E-state index in [-0.39, 0.29) is 25.0 Å². The standard InChI is InChI=1S/C21H19N3O5S/c1-2-27-16-6-4-3-5-15(16)23-19(25)10-14-11-30-21(22-14)24-20(26)13-7-8-17-18(9-13)29-12-28-17/h3-9,11H,2,10,12H2,1H3,(H,23,25)(H,22,24,26). The number of rotatable bonds is 7. The number of carbonyl (C=O) groups excluding carboxylic acids is 2. The lowest BCUT2D eigenvalue weighted by Gasteiger charge is -2.10. The predicted octanol–water partition coefficient (Wildman–Crippen LogP) is 3.70. The molecule has 9 heteroatoms. The molecule has 2 heterocycles. The fourth-order valence-electron chi connectivity index (χ4n) is 2.86. The summed E-state index contributed by atoms with van der Waals surface area (Å²) in [5.74, 6) is 1.22. The lowest BCUT2D eigenvalue weighted by molar-refractivity contribution is -0.115. The molecule has 0 saturated heterocycles. The smallest absolute Gasteiger partial charge is 0.257 e. The van der Waals surface area contributed by atoms with Gasteiger partial charge in [0.1, 0.15) is 5.75 Å². The average Bonchev–Trinajstić information content (AvgIpc) is 3.38. The maximum absolute atomic E-state index is 12.5. The molecular weight excluding hydrogens is 406 g/mol. The molecule has 0 saturated carbocycles. The molecule has 2 N–H and O–H groups in total. The van der Waals surface area contributed by atoms with Gasteiger partial charge in [0.25, 0.3) is 5.91 Å². The van der Waals surface area contributed by atoms with Crippen molar-refractivity contribution in [3.63, 3.8) is 0 Å². The summed E-state index contributed by atoms with van der Waals surface area (Å²) in [6.45, 7) is 2.53. The summed E-state index contributed by atoms with van der Waals surface area (Å²) in [4.78, 5) is 29.2. The summed E-state index contributed by atoms with van der Waals surface area (Å²) in [5.41, 5.74) is 1.60. The lowest BCUT2D eigenvalue weighted by atomic mass is 10.2. The maximum atomic E-state index is 12.5. The topological polar surface area (TPSA) is 98.8 Å². The van der Waals surface area contributed by atoms with Crippen LogP contribution in [0.4, 0.5) is 10.8 Å². The number of nitrogens with zero attached hydrogens (tertiary/aromatic N) is 1. The molecular formula is C21H19N3O5S. The van der Waals surface area contributed by atoms with Crippen LogP contribution >= 0.6 is 11.3 Å². The second kappa shape index (κ2) is 8.83. The Bertz CT molecular complexity index is 1080. The van der Waals surface area contributed by atoms with Gasteiger partial charge in [0.15, 0.2) is 16.6 Å². The van der Waals surface area contributed by atoms with Crippen molar-refractivity contribution in [2.45, 2.75) is 13.3 Å². The van der Waals surface area contributed by atoms with E-state index >= 15 is 0 Å². The van der Waals surface area contributed by atoms with Gasteiger partial charge in [-0.25, -0.2) is 4.98 Å². The van der Waals surface area contributed by atoms with Crippen LogP contribution in [0.2, 0.25) is 0 Å². The number of benzene rings is 2. The SMILES string of the molecule is CCOc1ccccc1NC(=O)Cc1csc(NC(=O)c2ccc3c(c2)OCO3)n1. The molecule has 1 aliphatic heterocycles. The summed E-state index contributed by atoms with van der Waals surface area (Å²) >= 11 is 1.25. The van der Waals surface area contributed by atoms with E-state index in [1.54, 1.807) is 35.7 Å². The first kappa shape index (κ1) is 19.7. The van der Waals surface area contributed by atoms with Crippen molar-refractivity contribution in [3.05, 3.63) is 59.1 Å². The molecule has 0 atom stereocenters. The van der Waals surface area contributed by atoms with Crippen LogP contribution in [0.5, 0.6) is 17.2 Å². The highest BCUT2D eigenvalue weighted by Crippen LogP contribution is 2.32. The molecule has 0 radical (unpaired) electrons. The minimum absolute atomic E-state index is 0.0802. The zero-order valence-electron chi connectivity index (χ0n) is 16.1. The number of hydrogen-bond donors (Lipinski definition) is 2. The Morgan fingerprint density at radius 2 is 1.97 bits per heavy atom. The zero-order chi connectivity index (χ0) is 20.9. The second-order valence-corrected chi connectivity index (χ2v) is 7.18. The van der Waals surface area contributed by atoms with E-state index in [0.717, 1.165) is 0 Å². The van der Waals surface area contributed by atoms with Gasteiger partial charge in [-0.3, -0.25) is 14.9 Å². The fourth-order valence-corrected chi connectivity index (χ4v) is 3.57. The largest absolute Gasteiger partial charge is 0.492 e. The Kier molecular flexibility index (Phi) is 5.80. The molecule has 154 valence electrons. The molecule has 0 fully saturated rings. The average molecular weight is 425 g/mol. The van der Waals surface area contributed by atoms with Gasteiger partial charge in [0.05, 0.1) is 24.4 Å². The molecule has 2 aromatic carbocycles. The Balaban J connectivity index is 1.36. The van der Waals surface area contributed by atoms with Crippen LogP contribution in [-0.4, -0.2) is 30.2 Å². The van der Waals surface area contributed by atoms with Crippen LogP contribution in [0.15, 0.2) is 47.8 Å². The monoisotopic (exact) mass is 425 g/mol. The van der Waals surface area contributed by atoms with Gasteiger partial charge in [0, 0.05) is 10.9 Å². The predicted molar refractivity (Wildman–Crippen MR) is 113 cm³/mol. The third kappa shape index (κ3) is 4.52. The number of fused-ring (bicyclic) bond motifs is 1. The Morgan fingerprint density at radius 3 is 2.83 bits per heavy atom. The molecule has 0 aliphatic carbocycles.